The second-order valence-electron chi connectivity index (χ2n) is 3.28. The molecule has 0 amide bonds. The summed E-state index contributed by atoms with van der Waals surface area (Å²) in [6, 6.07) is 6.80. The number of fused-ring (bicyclic) bond motifs is 1. The van der Waals surface area contributed by atoms with Crippen molar-refractivity contribution in [2.24, 2.45) is 0 Å². The van der Waals surface area contributed by atoms with E-state index >= 15 is 0 Å². The highest BCUT2D eigenvalue weighted by Crippen LogP contribution is 2.25. The van der Waals surface area contributed by atoms with Crippen molar-refractivity contribution in [1.29, 1.82) is 0 Å². The summed E-state index contributed by atoms with van der Waals surface area (Å²) in [4.78, 5) is 14.6. The molecule has 0 spiro atoms. The van der Waals surface area contributed by atoms with Crippen LogP contribution in [0.4, 0.5) is 5.69 Å². The minimum absolute atomic E-state index is 0.143. The van der Waals surface area contributed by atoms with Crippen molar-refractivity contribution in [1.82, 2.24) is 4.98 Å². The Hall–Kier alpha value is -1.97. The molecule has 0 atom stereocenters. The number of aryl methyl sites for hydroxylation is 1. The molecule has 0 saturated heterocycles. The first kappa shape index (κ1) is 9.58. The Balaban J connectivity index is 2.76. The molecule has 0 radical (unpaired) electrons. The lowest BCUT2D eigenvalue weighted by molar-refractivity contribution is -0.383. The maximum Gasteiger partial charge on any atom is 0.277 e. The fourth-order valence-corrected chi connectivity index (χ4v) is 1.55. The van der Waals surface area contributed by atoms with Gasteiger partial charge in [-0.2, -0.15) is 0 Å². The van der Waals surface area contributed by atoms with E-state index < -0.39 is 0 Å². The molecule has 1 aromatic carbocycles. The standard InChI is InChI=1S/C11H10N2O2/c1-2-9-6-10-8(7-12-9)4-3-5-11(10)13(14)15/h3-7H,2H2,1H3. The topological polar surface area (TPSA) is 56.0 Å². The first-order chi connectivity index (χ1) is 7.22. The molecule has 0 bridgehead atoms. The first-order valence-electron chi connectivity index (χ1n) is 4.74. The van der Waals surface area contributed by atoms with Crippen LogP contribution in [0, 0.1) is 10.1 Å². The Bertz CT molecular complexity index is 523. The summed E-state index contributed by atoms with van der Waals surface area (Å²) in [6.45, 7) is 1.98. The predicted octanol–water partition coefficient (Wildman–Crippen LogP) is 2.71. The van der Waals surface area contributed by atoms with Gasteiger partial charge in [0.05, 0.1) is 10.3 Å². The van der Waals surface area contributed by atoms with E-state index in [9.17, 15) is 10.1 Å². The number of pyridine rings is 1. The molecule has 0 aliphatic rings. The average molecular weight is 202 g/mol. The van der Waals surface area contributed by atoms with Crippen LogP contribution in [0.25, 0.3) is 10.8 Å². The van der Waals surface area contributed by atoms with Gasteiger partial charge in [-0.05, 0) is 12.5 Å². The van der Waals surface area contributed by atoms with Crippen LogP contribution < -0.4 is 0 Å². The summed E-state index contributed by atoms with van der Waals surface area (Å²) < 4.78 is 0. The Morgan fingerprint density at radius 3 is 2.93 bits per heavy atom. The molecule has 0 fully saturated rings. The summed E-state index contributed by atoms with van der Waals surface area (Å²) in [5.74, 6) is 0. The van der Waals surface area contributed by atoms with Gasteiger partial charge < -0.3 is 0 Å². The van der Waals surface area contributed by atoms with Crippen molar-refractivity contribution < 1.29 is 4.92 Å². The van der Waals surface area contributed by atoms with Crippen LogP contribution in [0.3, 0.4) is 0 Å². The number of benzene rings is 1. The van der Waals surface area contributed by atoms with Crippen molar-refractivity contribution in [2.45, 2.75) is 13.3 Å². The fraction of sp³-hybridized carbons (Fsp3) is 0.182. The maximum absolute atomic E-state index is 10.8. The summed E-state index contributed by atoms with van der Waals surface area (Å²) in [7, 11) is 0. The number of hydrogen-bond donors (Lipinski definition) is 0. The Kier molecular flexibility index (Phi) is 2.33. The molecule has 0 aliphatic heterocycles. The van der Waals surface area contributed by atoms with Gasteiger partial charge >= 0.3 is 0 Å². The lowest BCUT2D eigenvalue weighted by Gasteiger charge is -2.01. The monoisotopic (exact) mass is 202 g/mol. The minimum atomic E-state index is -0.359. The minimum Gasteiger partial charge on any atom is -0.261 e. The third-order valence-electron chi connectivity index (χ3n) is 2.36. The van der Waals surface area contributed by atoms with Gasteiger partial charge in [-0.1, -0.05) is 19.1 Å². The second-order valence-corrected chi connectivity index (χ2v) is 3.28. The molecule has 4 nitrogen and oxygen atoms in total. The number of non-ortho nitro benzene ring substituents is 1. The van der Waals surface area contributed by atoms with Crippen LogP contribution in [0.2, 0.25) is 0 Å². The summed E-state index contributed by atoms with van der Waals surface area (Å²) in [6.07, 6.45) is 2.46. The van der Waals surface area contributed by atoms with E-state index in [1.807, 2.05) is 13.0 Å². The SMILES string of the molecule is CCc1cc2c([N+](=O)[O-])cccc2cn1. The van der Waals surface area contributed by atoms with E-state index in [1.54, 1.807) is 18.3 Å². The van der Waals surface area contributed by atoms with E-state index in [-0.39, 0.29) is 10.6 Å². The summed E-state index contributed by atoms with van der Waals surface area (Å²) in [5, 5.41) is 12.3. The Morgan fingerprint density at radius 1 is 1.47 bits per heavy atom. The van der Waals surface area contributed by atoms with Crippen molar-refractivity contribution >= 4 is 16.5 Å². The quantitative estimate of drug-likeness (QED) is 0.555. The number of nitro groups is 1. The van der Waals surface area contributed by atoms with Crippen LogP contribution in [0.1, 0.15) is 12.6 Å². The van der Waals surface area contributed by atoms with E-state index in [4.69, 9.17) is 0 Å². The molecule has 76 valence electrons. The number of aromatic nitrogens is 1. The van der Waals surface area contributed by atoms with Crippen molar-refractivity contribution in [3.63, 3.8) is 0 Å². The zero-order valence-corrected chi connectivity index (χ0v) is 8.30. The fourth-order valence-electron chi connectivity index (χ4n) is 1.55. The predicted molar refractivity (Wildman–Crippen MR) is 57.8 cm³/mol. The summed E-state index contributed by atoms with van der Waals surface area (Å²) in [5.41, 5.74) is 1.02. The van der Waals surface area contributed by atoms with Crippen molar-refractivity contribution in [2.75, 3.05) is 0 Å². The highest BCUT2D eigenvalue weighted by Gasteiger charge is 2.11. The van der Waals surface area contributed by atoms with E-state index in [2.05, 4.69) is 4.98 Å². The van der Waals surface area contributed by atoms with Crippen LogP contribution in [0.15, 0.2) is 30.5 Å². The lowest BCUT2D eigenvalue weighted by atomic mass is 10.1. The zero-order valence-electron chi connectivity index (χ0n) is 8.30. The van der Waals surface area contributed by atoms with Gasteiger partial charge in [0.15, 0.2) is 0 Å². The Morgan fingerprint density at radius 2 is 2.27 bits per heavy atom. The number of rotatable bonds is 2. The molecular formula is C11H10N2O2. The average Bonchev–Trinajstić information content (AvgIpc) is 2.27. The third kappa shape index (κ3) is 1.66. The Labute approximate surface area is 86.7 Å². The molecular weight excluding hydrogens is 192 g/mol. The van der Waals surface area contributed by atoms with Gasteiger partial charge in [0.25, 0.3) is 5.69 Å². The van der Waals surface area contributed by atoms with Gasteiger partial charge in [-0.25, -0.2) is 0 Å². The number of nitro benzene ring substituents is 1. The van der Waals surface area contributed by atoms with Gasteiger partial charge in [-0.3, -0.25) is 15.1 Å². The molecule has 2 aromatic rings. The van der Waals surface area contributed by atoms with Gasteiger partial charge in [0.2, 0.25) is 0 Å². The molecule has 0 saturated carbocycles. The first-order valence-corrected chi connectivity index (χ1v) is 4.74. The number of hydrogen-bond acceptors (Lipinski definition) is 3. The van der Waals surface area contributed by atoms with Crippen LogP contribution >= 0.6 is 0 Å². The zero-order chi connectivity index (χ0) is 10.8. The van der Waals surface area contributed by atoms with Crippen LogP contribution in [-0.4, -0.2) is 9.91 Å². The van der Waals surface area contributed by atoms with Crippen LogP contribution in [-0.2, 0) is 6.42 Å². The van der Waals surface area contributed by atoms with Gasteiger partial charge in [-0.15, -0.1) is 0 Å². The van der Waals surface area contributed by atoms with E-state index in [1.165, 1.54) is 6.07 Å². The molecule has 0 aliphatic carbocycles. The molecule has 1 aromatic heterocycles. The summed E-state index contributed by atoms with van der Waals surface area (Å²) >= 11 is 0. The van der Waals surface area contributed by atoms with Gasteiger partial charge in [0, 0.05) is 23.3 Å². The van der Waals surface area contributed by atoms with E-state index in [0.717, 1.165) is 17.5 Å². The molecule has 2 rings (SSSR count). The van der Waals surface area contributed by atoms with E-state index in [0.29, 0.717) is 5.39 Å². The largest absolute Gasteiger partial charge is 0.277 e. The van der Waals surface area contributed by atoms with Gasteiger partial charge in [0.1, 0.15) is 0 Å². The second kappa shape index (κ2) is 3.65. The molecule has 0 N–H and O–H groups in total. The smallest absolute Gasteiger partial charge is 0.261 e. The molecule has 1 heterocycles. The normalized spacial score (nSPS) is 10.5. The highest BCUT2D eigenvalue weighted by atomic mass is 16.6. The van der Waals surface area contributed by atoms with Crippen molar-refractivity contribution in [3.8, 4) is 0 Å². The lowest BCUT2D eigenvalue weighted by Crippen LogP contribution is -1.92. The maximum atomic E-state index is 10.8. The molecule has 4 heteroatoms. The van der Waals surface area contributed by atoms with Crippen LogP contribution in [0.5, 0.6) is 0 Å². The third-order valence-corrected chi connectivity index (χ3v) is 2.36. The number of nitrogens with zero attached hydrogens (tertiary/aromatic N) is 2. The molecule has 15 heavy (non-hydrogen) atoms. The molecule has 0 unspecified atom stereocenters. The van der Waals surface area contributed by atoms with Crippen molar-refractivity contribution in [3.05, 3.63) is 46.3 Å². The highest BCUT2D eigenvalue weighted by molar-refractivity contribution is 5.90.